The number of nitrogens with one attached hydrogen (secondary N) is 1. The van der Waals surface area contributed by atoms with Crippen molar-refractivity contribution in [1.82, 2.24) is 35.0 Å². The van der Waals surface area contributed by atoms with Gasteiger partial charge in [0, 0.05) is 59.3 Å². The van der Waals surface area contributed by atoms with E-state index in [1.165, 1.54) is 16.3 Å². The largest absolute Gasteiger partial charge is 0.383 e. The number of rotatable bonds is 5. The second-order valence-electron chi connectivity index (χ2n) is 9.96. The summed E-state index contributed by atoms with van der Waals surface area (Å²) in [5, 5.41) is 9.41. The van der Waals surface area contributed by atoms with Gasteiger partial charge >= 0.3 is 0 Å². The van der Waals surface area contributed by atoms with Gasteiger partial charge in [0.25, 0.3) is 0 Å². The number of nitrogen functional groups attached to an aromatic ring is 1. The standard InChI is InChI=1S/C27H27N9S/c1-15-8-22(34-33-15)20-4-3-5-21-25(20)26(28)32-27(31-21)17-6-7-23(29-11-17)35-12-18-9-19(13-35)36(18)14-24-30-10-16(2)37-24/h3-8,10-11,18-19H,9,12-14H2,1-2H3,(H,33,34)(H2,28,31,32). The quantitative estimate of drug-likeness (QED) is 0.362. The van der Waals surface area contributed by atoms with Crippen molar-refractivity contribution in [2.24, 2.45) is 0 Å². The minimum atomic E-state index is 0.437. The zero-order chi connectivity index (χ0) is 25.1. The van der Waals surface area contributed by atoms with Crippen LogP contribution in [0.1, 0.15) is 22.0 Å². The molecule has 1 aromatic carbocycles. The van der Waals surface area contributed by atoms with Crippen molar-refractivity contribution in [3.63, 3.8) is 0 Å². The Hall–Kier alpha value is -3.89. The molecule has 2 atom stereocenters. The topological polar surface area (TPSA) is 113 Å². The van der Waals surface area contributed by atoms with Crippen molar-refractivity contribution in [3.05, 3.63) is 64.4 Å². The lowest BCUT2D eigenvalue weighted by atomic mass is 9.87. The highest BCUT2D eigenvalue weighted by Crippen LogP contribution is 2.36. The molecule has 5 aromatic rings. The van der Waals surface area contributed by atoms with E-state index in [2.05, 4.69) is 43.0 Å². The van der Waals surface area contributed by atoms with Gasteiger partial charge in [-0.05, 0) is 44.5 Å². The molecule has 9 nitrogen and oxygen atoms in total. The highest BCUT2D eigenvalue weighted by atomic mass is 32.1. The number of pyridine rings is 1. The lowest BCUT2D eigenvalue weighted by Gasteiger charge is -2.56. The molecule has 0 saturated carbocycles. The molecule has 3 aliphatic heterocycles. The maximum atomic E-state index is 6.45. The molecule has 3 fully saturated rings. The molecule has 10 heteroatoms. The normalized spacial score (nSPS) is 19.4. The van der Waals surface area contributed by atoms with Crippen molar-refractivity contribution in [3.8, 4) is 22.6 Å². The van der Waals surface area contributed by atoms with E-state index in [-0.39, 0.29) is 0 Å². The van der Waals surface area contributed by atoms with Crippen LogP contribution in [0.25, 0.3) is 33.5 Å². The van der Waals surface area contributed by atoms with Crippen molar-refractivity contribution < 1.29 is 0 Å². The van der Waals surface area contributed by atoms with E-state index in [4.69, 9.17) is 15.7 Å². The van der Waals surface area contributed by atoms with Crippen LogP contribution in [-0.2, 0) is 6.54 Å². The summed E-state index contributed by atoms with van der Waals surface area (Å²) in [6.45, 7) is 7.02. The van der Waals surface area contributed by atoms with Crippen LogP contribution in [0.5, 0.6) is 0 Å². The number of aromatic amines is 1. The van der Waals surface area contributed by atoms with Crippen molar-refractivity contribution in [1.29, 1.82) is 0 Å². The van der Waals surface area contributed by atoms with Gasteiger partial charge in [-0.1, -0.05) is 12.1 Å². The second-order valence-corrected chi connectivity index (χ2v) is 11.3. The first-order valence-corrected chi connectivity index (χ1v) is 13.3. The number of H-pyrrole nitrogens is 1. The van der Waals surface area contributed by atoms with E-state index < -0.39 is 0 Å². The van der Waals surface area contributed by atoms with E-state index in [1.807, 2.05) is 49.6 Å². The van der Waals surface area contributed by atoms with E-state index in [9.17, 15) is 0 Å². The number of benzene rings is 1. The molecule has 2 bridgehead atoms. The first-order chi connectivity index (χ1) is 18.0. The first-order valence-electron chi connectivity index (χ1n) is 12.5. The molecule has 0 spiro atoms. The first kappa shape index (κ1) is 22.3. The number of aromatic nitrogens is 6. The molecule has 0 aliphatic carbocycles. The van der Waals surface area contributed by atoms with Gasteiger partial charge in [0.2, 0.25) is 0 Å². The predicted octanol–water partition coefficient (Wildman–Crippen LogP) is 4.20. The van der Waals surface area contributed by atoms with Crippen LogP contribution in [-0.4, -0.2) is 60.2 Å². The van der Waals surface area contributed by atoms with Crippen LogP contribution in [0, 0.1) is 13.8 Å². The lowest BCUT2D eigenvalue weighted by molar-refractivity contribution is -0.00872. The number of anilines is 2. The fourth-order valence-electron chi connectivity index (χ4n) is 5.58. The predicted molar refractivity (Wildman–Crippen MR) is 146 cm³/mol. The zero-order valence-corrected chi connectivity index (χ0v) is 21.5. The van der Waals surface area contributed by atoms with Gasteiger partial charge < -0.3 is 10.6 Å². The van der Waals surface area contributed by atoms with Gasteiger partial charge in [-0.15, -0.1) is 11.3 Å². The third-order valence-electron chi connectivity index (χ3n) is 7.39. The van der Waals surface area contributed by atoms with E-state index in [0.717, 1.165) is 58.9 Å². The maximum Gasteiger partial charge on any atom is 0.163 e. The second kappa shape index (κ2) is 8.60. The van der Waals surface area contributed by atoms with Crippen molar-refractivity contribution >= 4 is 33.9 Å². The molecule has 2 unspecified atom stereocenters. The Labute approximate surface area is 218 Å². The van der Waals surface area contributed by atoms with Crippen LogP contribution < -0.4 is 10.6 Å². The Morgan fingerprint density at radius 2 is 1.92 bits per heavy atom. The molecule has 3 N–H and O–H groups in total. The summed E-state index contributed by atoms with van der Waals surface area (Å²) >= 11 is 1.80. The number of hydrogen-bond donors (Lipinski definition) is 2. The molecule has 0 amide bonds. The van der Waals surface area contributed by atoms with Gasteiger partial charge in [-0.3, -0.25) is 10.00 Å². The Balaban J connectivity index is 1.10. The van der Waals surface area contributed by atoms with Gasteiger partial charge in [0.15, 0.2) is 5.82 Å². The molecule has 4 aromatic heterocycles. The summed E-state index contributed by atoms with van der Waals surface area (Å²) in [7, 11) is 0. The number of piperazine rings is 1. The number of hydrogen-bond acceptors (Lipinski definition) is 9. The molecular weight excluding hydrogens is 482 g/mol. The minimum absolute atomic E-state index is 0.437. The third-order valence-corrected chi connectivity index (χ3v) is 8.29. The Kier molecular flexibility index (Phi) is 5.19. The molecule has 186 valence electrons. The smallest absolute Gasteiger partial charge is 0.163 e. The highest BCUT2D eigenvalue weighted by Gasteiger charge is 2.45. The molecule has 3 saturated heterocycles. The summed E-state index contributed by atoms with van der Waals surface area (Å²) < 4.78 is 0. The number of fused-ring (bicyclic) bond motifs is 3. The van der Waals surface area contributed by atoms with Crippen molar-refractivity contribution in [2.75, 3.05) is 23.7 Å². The average Bonchev–Trinajstić information content (AvgIpc) is 3.54. The molecule has 37 heavy (non-hydrogen) atoms. The Bertz CT molecular complexity index is 1590. The zero-order valence-electron chi connectivity index (χ0n) is 20.7. The average molecular weight is 510 g/mol. The fourth-order valence-corrected chi connectivity index (χ4v) is 6.37. The van der Waals surface area contributed by atoms with Crippen LogP contribution in [0.4, 0.5) is 11.6 Å². The van der Waals surface area contributed by atoms with Crippen molar-refractivity contribution in [2.45, 2.75) is 38.9 Å². The van der Waals surface area contributed by atoms with E-state index in [0.29, 0.717) is 23.7 Å². The van der Waals surface area contributed by atoms with Gasteiger partial charge in [-0.25, -0.2) is 19.9 Å². The highest BCUT2D eigenvalue weighted by molar-refractivity contribution is 7.11. The van der Waals surface area contributed by atoms with Gasteiger partial charge in [-0.2, -0.15) is 5.10 Å². The summed E-state index contributed by atoms with van der Waals surface area (Å²) in [6, 6.07) is 13.1. The summed E-state index contributed by atoms with van der Waals surface area (Å²) in [5.41, 5.74) is 10.8. The molecular formula is C27H27N9S. The van der Waals surface area contributed by atoms with Gasteiger partial charge in [0.05, 0.1) is 23.1 Å². The molecule has 8 rings (SSSR count). The summed E-state index contributed by atoms with van der Waals surface area (Å²) in [5.74, 6) is 2.01. The minimum Gasteiger partial charge on any atom is -0.383 e. The number of aryl methyl sites for hydroxylation is 2. The number of nitrogens with two attached hydrogens (primary N) is 1. The summed E-state index contributed by atoms with van der Waals surface area (Å²) in [6.07, 6.45) is 5.08. The Morgan fingerprint density at radius 3 is 2.62 bits per heavy atom. The SMILES string of the molecule is Cc1cc(-c2cccc3nc(-c4ccc(N5CC6CC(C5)N6Cc5ncc(C)s5)nc4)nc(N)c23)n[nH]1. The van der Waals surface area contributed by atoms with E-state index >= 15 is 0 Å². The molecule has 0 radical (unpaired) electrons. The monoisotopic (exact) mass is 509 g/mol. The van der Waals surface area contributed by atoms with E-state index in [1.54, 1.807) is 11.3 Å². The molecule has 3 aliphatic rings. The number of thiazole rings is 1. The Morgan fingerprint density at radius 1 is 1.05 bits per heavy atom. The lowest BCUT2D eigenvalue weighted by Crippen LogP contribution is -2.68. The van der Waals surface area contributed by atoms with Gasteiger partial charge in [0.1, 0.15) is 16.6 Å². The number of nitrogens with zero attached hydrogens (tertiary/aromatic N) is 7. The third kappa shape index (κ3) is 3.93. The maximum absolute atomic E-state index is 6.45. The summed E-state index contributed by atoms with van der Waals surface area (Å²) in [4.78, 5) is 25.1. The van der Waals surface area contributed by atoms with Crippen LogP contribution in [0.2, 0.25) is 0 Å². The fraction of sp³-hybridized carbons (Fsp3) is 0.296. The molecule has 7 heterocycles. The van der Waals surface area contributed by atoms with Crippen LogP contribution >= 0.6 is 11.3 Å². The van der Waals surface area contributed by atoms with Crippen LogP contribution in [0.3, 0.4) is 0 Å². The van der Waals surface area contributed by atoms with Crippen LogP contribution in [0.15, 0.2) is 48.8 Å². The number of piperidine rings is 1.